The molecule has 3 amide bonds. The Morgan fingerprint density at radius 2 is 2.04 bits per heavy atom. The summed E-state index contributed by atoms with van der Waals surface area (Å²) < 4.78 is 10.3. The topological polar surface area (TPSA) is 71.1 Å². The molecule has 0 aromatic rings. The van der Waals surface area contributed by atoms with Gasteiger partial charge in [-0.05, 0) is 46.0 Å². The molecular formula is C17H33N3O4. The quantitative estimate of drug-likeness (QED) is 0.751. The number of carbonyl (C=O) groups excluding carboxylic acids is 2. The first kappa shape index (κ1) is 20.5. The number of carbonyl (C=O) groups is 2. The molecule has 0 aliphatic carbocycles. The number of amides is 3. The molecule has 0 bridgehead atoms. The zero-order valence-electron chi connectivity index (χ0n) is 15.8. The normalized spacial score (nSPS) is 18.2. The molecule has 1 aliphatic rings. The van der Waals surface area contributed by atoms with E-state index >= 15 is 0 Å². The predicted octanol–water partition coefficient (Wildman–Crippen LogP) is 2.31. The lowest BCUT2D eigenvalue weighted by atomic mass is 9.98. The van der Waals surface area contributed by atoms with Crippen LogP contribution in [0.15, 0.2) is 0 Å². The van der Waals surface area contributed by atoms with Crippen LogP contribution in [0.25, 0.3) is 0 Å². The second-order valence-electron chi connectivity index (χ2n) is 7.39. The summed E-state index contributed by atoms with van der Waals surface area (Å²) in [5, 5.41) is 2.92. The lowest BCUT2D eigenvalue weighted by Gasteiger charge is -2.35. The molecule has 1 N–H and O–H groups in total. The molecular weight excluding hydrogens is 310 g/mol. The molecule has 140 valence electrons. The second-order valence-corrected chi connectivity index (χ2v) is 7.39. The largest absolute Gasteiger partial charge is 0.444 e. The average Bonchev–Trinajstić information content (AvgIpc) is 2.50. The van der Waals surface area contributed by atoms with Crippen LogP contribution in [0.3, 0.4) is 0 Å². The molecule has 0 radical (unpaired) electrons. The predicted molar refractivity (Wildman–Crippen MR) is 93.1 cm³/mol. The van der Waals surface area contributed by atoms with Crippen LogP contribution < -0.4 is 5.32 Å². The number of hydrogen-bond donors (Lipinski definition) is 1. The standard InChI is InChI=1S/C17H33N3O4/c1-17(2,3)24-16(22)19(4)12-14-8-6-10-20(13-14)15(21)18-9-7-11-23-5/h14H,6-13H2,1-5H3,(H,18,21)/t14-/m0/s1. The molecule has 1 fully saturated rings. The fourth-order valence-corrected chi connectivity index (χ4v) is 2.72. The molecule has 7 nitrogen and oxygen atoms in total. The van der Waals surface area contributed by atoms with Crippen LogP contribution in [-0.4, -0.2) is 74.5 Å². The third kappa shape index (κ3) is 7.86. The minimum Gasteiger partial charge on any atom is -0.444 e. The Balaban J connectivity index is 2.39. The fourth-order valence-electron chi connectivity index (χ4n) is 2.72. The summed E-state index contributed by atoms with van der Waals surface area (Å²) in [6, 6.07) is -0.0317. The Morgan fingerprint density at radius 1 is 1.33 bits per heavy atom. The van der Waals surface area contributed by atoms with Gasteiger partial charge in [0.25, 0.3) is 0 Å². The van der Waals surface area contributed by atoms with E-state index in [0.717, 1.165) is 25.8 Å². The van der Waals surface area contributed by atoms with Crippen molar-refractivity contribution in [2.75, 3.05) is 46.9 Å². The highest BCUT2D eigenvalue weighted by atomic mass is 16.6. The van der Waals surface area contributed by atoms with Crippen LogP contribution in [0.1, 0.15) is 40.0 Å². The summed E-state index contributed by atoms with van der Waals surface area (Å²) >= 11 is 0. The zero-order chi connectivity index (χ0) is 18.2. The first-order valence-electron chi connectivity index (χ1n) is 8.68. The number of nitrogens with zero attached hydrogens (tertiary/aromatic N) is 2. The smallest absolute Gasteiger partial charge is 0.410 e. The third-order valence-electron chi connectivity index (χ3n) is 3.84. The molecule has 0 aromatic carbocycles. The van der Waals surface area contributed by atoms with Gasteiger partial charge in [0, 0.05) is 46.9 Å². The van der Waals surface area contributed by atoms with Crippen LogP contribution >= 0.6 is 0 Å². The summed E-state index contributed by atoms with van der Waals surface area (Å²) in [5.74, 6) is 0.279. The van der Waals surface area contributed by atoms with E-state index in [0.29, 0.717) is 26.2 Å². The van der Waals surface area contributed by atoms with E-state index in [1.54, 1.807) is 19.1 Å². The third-order valence-corrected chi connectivity index (χ3v) is 3.84. The van der Waals surface area contributed by atoms with Gasteiger partial charge in [0.05, 0.1) is 0 Å². The summed E-state index contributed by atoms with van der Waals surface area (Å²) in [5.41, 5.74) is -0.494. The molecule has 0 saturated carbocycles. The minimum absolute atomic E-state index is 0.0317. The number of nitrogens with one attached hydrogen (secondary N) is 1. The van der Waals surface area contributed by atoms with Gasteiger partial charge in [-0.15, -0.1) is 0 Å². The van der Waals surface area contributed by atoms with Crippen molar-refractivity contribution in [3.8, 4) is 0 Å². The summed E-state index contributed by atoms with van der Waals surface area (Å²) in [4.78, 5) is 27.7. The molecule has 0 unspecified atom stereocenters. The number of likely N-dealkylation sites (tertiary alicyclic amines) is 1. The molecule has 1 saturated heterocycles. The van der Waals surface area contributed by atoms with Gasteiger partial charge < -0.3 is 24.6 Å². The highest BCUT2D eigenvalue weighted by Crippen LogP contribution is 2.18. The van der Waals surface area contributed by atoms with E-state index in [2.05, 4.69) is 5.32 Å². The maximum atomic E-state index is 12.2. The molecule has 0 aromatic heterocycles. The van der Waals surface area contributed by atoms with Crippen molar-refractivity contribution in [3.63, 3.8) is 0 Å². The first-order valence-corrected chi connectivity index (χ1v) is 8.68. The number of hydrogen-bond acceptors (Lipinski definition) is 4. The molecule has 1 heterocycles. The molecule has 1 atom stereocenters. The number of ether oxygens (including phenoxy) is 2. The lowest BCUT2D eigenvalue weighted by molar-refractivity contribution is 0.0252. The average molecular weight is 343 g/mol. The molecule has 1 rings (SSSR count). The maximum absolute atomic E-state index is 12.2. The van der Waals surface area contributed by atoms with Crippen LogP contribution in [0.4, 0.5) is 9.59 Å². The number of piperidine rings is 1. The van der Waals surface area contributed by atoms with Crippen molar-refractivity contribution in [1.82, 2.24) is 15.1 Å². The van der Waals surface area contributed by atoms with E-state index in [1.807, 2.05) is 25.7 Å². The summed E-state index contributed by atoms with van der Waals surface area (Å²) in [6.45, 7) is 8.86. The van der Waals surface area contributed by atoms with E-state index in [9.17, 15) is 9.59 Å². The van der Waals surface area contributed by atoms with Crippen LogP contribution in [0.5, 0.6) is 0 Å². The highest BCUT2D eigenvalue weighted by Gasteiger charge is 2.27. The molecule has 0 spiro atoms. The van der Waals surface area contributed by atoms with Crippen molar-refractivity contribution in [3.05, 3.63) is 0 Å². The van der Waals surface area contributed by atoms with Crippen molar-refractivity contribution >= 4 is 12.1 Å². The Labute approximate surface area is 145 Å². The monoisotopic (exact) mass is 343 g/mol. The van der Waals surface area contributed by atoms with Crippen LogP contribution in [0, 0.1) is 5.92 Å². The Kier molecular flexibility index (Phi) is 8.31. The SMILES string of the molecule is COCCCNC(=O)N1CCC[C@@H](CN(C)C(=O)OC(C)(C)C)C1. The van der Waals surface area contributed by atoms with Crippen LogP contribution in [0.2, 0.25) is 0 Å². The Bertz CT molecular complexity index is 409. The van der Waals surface area contributed by atoms with Gasteiger partial charge >= 0.3 is 12.1 Å². The minimum atomic E-state index is -0.494. The number of urea groups is 1. The molecule has 7 heteroatoms. The highest BCUT2D eigenvalue weighted by molar-refractivity contribution is 5.74. The second kappa shape index (κ2) is 9.71. The van der Waals surface area contributed by atoms with E-state index in [4.69, 9.17) is 9.47 Å². The van der Waals surface area contributed by atoms with E-state index < -0.39 is 5.60 Å². The molecule has 1 aliphatic heterocycles. The van der Waals surface area contributed by atoms with E-state index in [-0.39, 0.29) is 18.0 Å². The Morgan fingerprint density at radius 3 is 2.67 bits per heavy atom. The number of rotatable bonds is 6. The van der Waals surface area contributed by atoms with Crippen molar-refractivity contribution in [2.45, 2.75) is 45.6 Å². The van der Waals surface area contributed by atoms with Gasteiger partial charge in [-0.1, -0.05) is 0 Å². The van der Waals surface area contributed by atoms with Crippen molar-refractivity contribution in [2.24, 2.45) is 5.92 Å². The summed E-state index contributed by atoms with van der Waals surface area (Å²) in [6.07, 6.45) is 2.46. The van der Waals surface area contributed by atoms with Gasteiger partial charge in [-0.2, -0.15) is 0 Å². The molecule has 24 heavy (non-hydrogen) atoms. The van der Waals surface area contributed by atoms with Gasteiger partial charge in [0.2, 0.25) is 0 Å². The Hall–Kier alpha value is -1.50. The number of methoxy groups -OCH3 is 1. The lowest BCUT2D eigenvalue weighted by Crippen LogP contribution is -2.48. The summed E-state index contributed by atoms with van der Waals surface area (Å²) in [7, 11) is 3.40. The first-order chi connectivity index (χ1) is 11.2. The van der Waals surface area contributed by atoms with Gasteiger partial charge in [-0.25, -0.2) is 9.59 Å². The van der Waals surface area contributed by atoms with Crippen LogP contribution in [-0.2, 0) is 9.47 Å². The van der Waals surface area contributed by atoms with Gasteiger partial charge in [0.1, 0.15) is 5.60 Å². The van der Waals surface area contributed by atoms with Gasteiger partial charge in [0.15, 0.2) is 0 Å². The zero-order valence-corrected chi connectivity index (χ0v) is 15.8. The fraction of sp³-hybridized carbons (Fsp3) is 0.882. The van der Waals surface area contributed by atoms with E-state index in [1.165, 1.54) is 0 Å². The maximum Gasteiger partial charge on any atom is 0.410 e. The van der Waals surface area contributed by atoms with Crippen molar-refractivity contribution < 1.29 is 19.1 Å². The van der Waals surface area contributed by atoms with Gasteiger partial charge in [-0.3, -0.25) is 0 Å². The van der Waals surface area contributed by atoms with Crippen molar-refractivity contribution in [1.29, 1.82) is 0 Å².